The molecule has 0 bridgehead atoms. The van der Waals surface area contributed by atoms with E-state index in [9.17, 15) is 0 Å². The van der Waals surface area contributed by atoms with E-state index in [1.807, 2.05) is 0 Å². The maximum Gasteiger partial charge on any atom is 0.160 e. The summed E-state index contributed by atoms with van der Waals surface area (Å²) in [4.78, 5) is 0. The van der Waals surface area contributed by atoms with Gasteiger partial charge < -0.3 is 10.2 Å². The predicted molar refractivity (Wildman–Crippen MR) is 34.2 cm³/mol. The molecule has 0 amide bonds. The molecule has 1 rings (SSSR count). The normalized spacial score (nSPS) is 9.44. The molecule has 0 aliphatic carbocycles. The second kappa shape index (κ2) is 1.97. The molecule has 0 atom stereocenters. The van der Waals surface area contributed by atoms with Crippen molar-refractivity contribution in [3.8, 4) is 11.5 Å². The summed E-state index contributed by atoms with van der Waals surface area (Å²) in [5, 5.41) is 17.7. The number of phenolic OH excluding ortho intramolecular Hbond substituents is 2. The van der Waals surface area contributed by atoms with Crippen LogP contribution in [0.4, 0.5) is 0 Å². The van der Waals surface area contributed by atoms with Crippen molar-refractivity contribution in [3.63, 3.8) is 0 Å². The molecular formula is C7H7O2. The summed E-state index contributed by atoms with van der Waals surface area (Å²) >= 11 is 0. The zero-order valence-corrected chi connectivity index (χ0v) is 4.83. The molecule has 2 heteroatoms. The predicted octanol–water partition coefficient (Wildman–Crippen LogP) is 1.28. The molecule has 1 radical (unpaired) electrons. The van der Waals surface area contributed by atoms with Crippen LogP contribution in [-0.4, -0.2) is 10.2 Å². The Balaban J connectivity index is 3.25. The Kier molecular flexibility index (Phi) is 1.30. The molecule has 0 unspecified atom stereocenters. The summed E-state index contributed by atoms with van der Waals surface area (Å²) in [5.74, 6) is -0.264. The van der Waals surface area contributed by atoms with Gasteiger partial charge in [-0.3, -0.25) is 0 Å². The van der Waals surface area contributed by atoms with E-state index in [0.717, 1.165) is 0 Å². The number of benzene rings is 1. The first-order valence-electron chi connectivity index (χ1n) is 2.54. The van der Waals surface area contributed by atoms with Crippen LogP contribution in [0.25, 0.3) is 0 Å². The lowest BCUT2D eigenvalue weighted by atomic mass is 10.2. The first-order valence-corrected chi connectivity index (χ1v) is 2.54. The third-order valence-electron chi connectivity index (χ3n) is 1.10. The number of para-hydroxylation sites is 1. The van der Waals surface area contributed by atoms with E-state index in [4.69, 9.17) is 10.2 Å². The quantitative estimate of drug-likeness (QED) is 0.510. The lowest BCUT2D eigenvalue weighted by molar-refractivity contribution is 0.402. The molecule has 2 nitrogen and oxygen atoms in total. The molecule has 0 aliphatic heterocycles. The number of hydrogen-bond acceptors (Lipinski definition) is 2. The van der Waals surface area contributed by atoms with E-state index in [1.165, 1.54) is 6.07 Å². The van der Waals surface area contributed by atoms with Gasteiger partial charge in [0.15, 0.2) is 11.5 Å². The minimum absolute atomic E-state index is 0.123. The molecule has 9 heavy (non-hydrogen) atoms. The molecule has 0 aliphatic rings. The van der Waals surface area contributed by atoms with Gasteiger partial charge in [0.25, 0.3) is 0 Å². The van der Waals surface area contributed by atoms with Crippen LogP contribution in [0.5, 0.6) is 11.5 Å². The fourth-order valence-electron chi connectivity index (χ4n) is 0.578. The summed E-state index contributed by atoms with van der Waals surface area (Å²) < 4.78 is 0. The number of aromatic hydroxyl groups is 2. The molecule has 47 valence electrons. The Morgan fingerprint density at radius 1 is 1.22 bits per heavy atom. The van der Waals surface area contributed by atoms with Crippen LogP contribution in [0.3, 0.4) is 0 Å². The van der Waals surface area contributed by atoms with Gasteiger partial charge in [0.1, 0.15) is 0 Å². The summed E-state index contributed by atoms with van der Waals surface area (Å²) in [7, 11) is 0. The second-order valence-electron chi connectivity index (χ2n) is 1.78. The van der Waals surface area contributed by atoms with Crippen molar-refractivity contribution < 1.29 is 10.2 Å². The van der Waals surface area contributed by atoms with Crippen molar-refractivity contribution in [1.29, 1.82) is 0 Å². The molecule has 0 spiro atoms. The fraction of sp³-hybridized carbons (Fsp3) is 0. The molecule has 0 aromatic heterocycles. The smallest absolute Gasteiger partial charge is 0.160 e. The van der Waals surface area contributed by atoms with E-state index < -0.39 is 0 Å². The van der Waals surface area contributed by atoms with Gasteiger partial charge >= 0.3 is 0 Å². The minimum atomic E-state index is -0.141. The highest BCUT2D eigenvalue weighted by atomic mass is 16.3. The molecular weight excluding hydrogens is 116 g/mol. The summed E-state index contributed by atoms with van der Waals surface area (Å²) in [5.41, 5.74) is 0.440. The van der Waals surface area contributed by atoms with Gasteiger partial charge in [-0.1, -0.05) is 12.1 Å². The van der Waals surface area contributed by atoms with Crippen LogP contribution in [0, 0.1) is 6.92 Å². The molecule has 1 aromatic rings. The number of hydrogen-bond donors (Lipinski definition) is 2. The average Bonchev–Trinajstić information content (AvgIpc) is 1.83. The molecule has 0 saturated carbocycles. The zero-order valence-electron chi connectivity index (χ0n) is 4.83. The molecule has 0 heterocycles. The highest BCUT2D eigenvalue weighted by Crippen LogP contribution is 2.26. The lowest BCUT2D eigenvalue weighted by Crippen LogP contribution is -1.72. The first-order chi connectivity index (χ1) is 4.22. The first kappa shape index (κ1) is 5.95. The third kappa shape index (κ3) is 0.964. The van der Waals surface area contributed by atoms with Gasteiger partial charge in [-0.25, -0.2) is 0 Å². The van der Waals surface area contributed by atoms with E-state index in [2.05, 4.69) is 6.92 Å². The minimum Gasteiger partial charge on any atom is -0.504 e. The fourth-order valence-corrected chi connectivity index (χ4v) is 0.578. The van der Waals surface area contributed by atoms with Gasteiger partial charge in [0.05, 0.1) is 0 Å². The lowest BCUT2D eigenvalue weighted by Gasteiger charge is -1.97. The van der Waals surface area contributed by atoms with Crippen molar-refractivity contribution in [3.05, 3.63) is 30.7 Å². The van der Waals surface area contributed by atoms with Gasteiger partial charge in [-0.15, -0.1) is 0 Å². The van der Waals surface area contributed by atoms with Crippen LogP contribution in [0.15, 0.2) is 18.2 Å². The summed E-state index contributed by atoms with van der Waals surface area (Å²) in [6, 6.07) is 4.65. The van der Waals surface area contributed by atoms with Crippen LogP contribution in [0.2, 0.25) is 0 Å². The van der Waals surface area contributed by atoms with Gasteiger partial charge in [-0.2, -0.15) is 0 Å². The Bertz CT molecular complexity index is 198. The average molecular weight is 123 g/mol. The summed E-state index contributed by atoms with van der Waals surface area (Å²) in [6.45, 7) is 3.47. The van der Waals surface area contributed by atoms with Crippen molar-refractivity contribution in [2.24, 2.45) is 0 Å². The Morgan fingerprint density at radius 2 is 1.89 bits per heavy atom. The van der Waals surface area contributed by atoms with Crippen molar-refractivity contribution >= 4 is 0 Å². The largest absolute Gasteiger partial charge is 0.504 e. The highest BCUT2D eigenvalue weighted by molar-refractivity contribution is 5.45. The Morgan fingerprint density at radius 3 is 2.33 bits per heavy atom. The molecule has 0 fully saturated rings. The third-order valence-corrected chi connectivity index (χ3v) is 1.10. The Labute approximate surface area is 53.4 Å². The van der Waals surface area contributed by atoms with Crippen molar-refractivity contribution in [2.45, 2.75) is 0 Å². The Hall–Kier alpha value is -1.18. The van der Waals surface area contributed by atoms with Gasteiger partial charge in [0, 0.05) is 0 Å². The highest BCUT2D eigenvalue weighted by Gasteiger charge is 1.98. The molecule has 0 saturated heterocycles. The van der Waals surface area contributed by atoms with Crippen molar-refractivity contribution in [1.82, 2.24) is 0 Å². The topological polar surface area (TPSA) is 40.5 Å². The van der Waals surface area contributed by atoms with Crippen LogP contribution < -0.4 is 0 Å². The maximum absolute atomic E-state index is 8.89. The number of phenols is 2. The maximum atomic E-state index is 8.89. The zero-order chi connectivity index (χ0) is 6.85. The van der Waals surface area contributed by atoms with E-state index in [0.29, 0.717) is 5.56 Å². The SMILES string of the molecule is [CH2]c1cccc(O)c1O. The van der Waals surface area contributed by atoms with Crippen LogP contribution in [-0.2, 0) is 0 Å². The second-order valence-corrected chi connectivity index (χ2v) is 1.78. The monoisotopic (exact) mass is 123 g/mol. The van der Waals surface area contributed by atoms with Crippen LogP contribution >= 0.6 is 0 Å². The van der Waals surface area contributed by atoms with E-state index >= 15 is 0 Å². The number of rotatable bonds is 0. The summed E-state index contributed by atoms with van der Waals surface area (Å²) in [6.07, 6.45) is 0. The standard InChI is InChI=1S/C7H7O2/c1-5-3-2-4-6(8)7(5)9/h2-4,8-9H,1H2. The molecule has 2 N–H and O–H groups in total. The molecule has 1 aromatic carbocycles. The van der Waals surface area contributed by atoms with Crippen LogP contribution in [0.1, 0.15) is 5.56 Å². The van der Waals surface area contributed by atoms with Gasteiger partial charge in [0.2, 0.25) is 0 Å². The van der Waals surface area contributed by atoms with E-state index in [1.54, 1.807) is 12.1 Å². The van der Waals surface area contributed by atoms with E-state index in [-0.39, 0.29) is 11.5 Å². The van der Waals surface area contributed by atoms with Crippen molar-refractivity contribution in [2.75, 3.05) is 0 Å². The van der Waals surface area contributed by atoms with Gasteiger partial charge in [-0.05, 0) is 18.6 Å².